The van der Waals surface area contributed by atoms with Crippen molar-refractivity contribution < 1.29 is 9.90 Å². The molecule has 1 amide bonds. The summed E-state index contributed by atoms with van der Waals surface area (Å²) in [5.41, 5.74) is 2.37. The van der Waals surface area contributed by atoms with Gasteiger partial charge in [-0.2, -0.15) is 0 Å². The lowest BCUT2D eigenvalue weighted by atomic mass is 10.2. The van der Waals surface area contributed by atoms with Crippen LogP contribution in [0.5, 0.6) is 5.75 Å². The number of aryl methyl sites for hydroxylation is 1. The van der Waals surface area contributed by atoms with Gasteiger partial charge in [0.2, 0.25) is 5.91 Å². The summed E-state index contributed by atoms with van der Waals surface area (Å²) >= 11 is 0. The zero-order valence-electron chi connectivity index (χ0n) is 14.4. The van der Waals surface area contributed by atoms with Crippen molar-refractivity contribution in [3.63, 3.8) is 0 Å². The Morgan fingerprint density at radius 1 is 1.26 bits per heavy atom. The highest BCUT2D eigenvalue weighted by Crippen LogP contribution is 2.20. The first-order chi connectivity index (χ1) is 13.1. The number of carbonyl (C=O) groups is 1. The highest BCUT2D eigenvalue weighted by atomic mass is 16.3. The summed E-state index contributed by atoms with van der Waals surface area (Å²) in [6.07, 6.45) is 3.76. The summed E-state index contributed by atoms with van der Waals surface area (Å²) in [6, 6.07) is 7.11. The van der Waals surface area contributed by atoms with Crippen molar-refractivity contribution in [2.24, 2.45) is 0 Å². The molecule has 0 aliphatic rings. The number of H-pyrrole nitrogens is 2. The Morgan fingerprint density at radius 3 is 3.04 bits per heavy atom. The average molecular weight is 366 g/mol. The Kier molecular flexibility index (Phi) is 4.33. The molecule has 0 aliphatic carbocycles. The zero-order chi connectivity index (χ0) is 18.8. The molecule has 1 aromatic carbocycles. The topological polar surface area (TPSA) is 129 Å². The molecule has 0 spiro atoms. The van der Waals surface area contributed by atoms with Gasteiger partial charge in [-0.1, -0.05) is 0 Å². The Labute approximate surface area is 153 Å². The van der Waals surface area contributed by atoms with Crippen molar-refractivity contribution in [3.05, 3.63) is 53.0 Å². The first-order valence-corrected chi connectivity index (χ1v) is 8.56. The molecular weight excluding hydrogens is 348 g/mol. The van der Waals surface area contributed by atoms with Gasteiger partial charge in [0.05, 0.1) is 12.7 Å². The second-order valence-electron chi connectivity index (χ2n) is 6.26. The normalized spacial score (nSPS) is 11.3. The number of benzene rings is 1. The second kappa shape index (κ2) is 6.94. The van der Waals surface area contributed by atoms with Crippen LogP contribution in [0.2, 0.25) is 0 Å². The maximum atomic E-state index is 12.1. The van der Waals surface area contributed by atoms with Crippen molar-refractivity contribution in [2.45, 2.75) is 19.4 Å². The molecular formula is C18H18N6O3. The summed E-state index contributed by atoms with van der Waals surface area (Å²) in [6.45, 7) is 0.894. The van der Waals surface area contributed by atoms with Gasteiger partial charge in [-0.25, -0.2) is 9.97 Å². The molecule has 0 saturated carbocycles. The predicted molar refractivity (Wildman–Crippen MR) is 99.4 cm³/mol. The van der Waals surface area contributed by atoms with Crippen LogP contribution >= 0.6 is 0 Å². The zero-order valence-corrected chi connectivity index (χ0v) is 14.4. The number of nitrogens with one attached hydrogen (secondary N) is 3. The van der Waals surface area contributed by atoms with E-state index in [1.54, 1.807) is 16.7 Å². The summed E-state index contributed by atoms with van der Waals surface area (Å²) < 4.78 is 1.69. The van der Waals surface area contributed by atoms with E-state index in [1.165, 1.54) is 12.7 Å². The fourth-order valence-electron chi connectivity index (χ4n) is 3.02. The number of carbonyl (C=O) groups excluding carboxylic acids is 1. The fourth-order valence-corrected chi connectivity index (χ4v) is 3.02. The van der Waals surface area contributed by atoms with E-state index in [-0.39, 0.29) is 29.2 Å². The number of nitrogens with zero attached hydrogens (tertiary/aromatic N) is 3. The molecule has 9 nitrogen and oxygen atoms in total. The summed E-state index contributed by atoms with van der Waals surface area (Å²) in [5, 5.41) is 13.3. The van der Waals surface area contributed by atoms with Gasteiger partial charge >= 0.3 is 0 Å². The number of aromatic amines is 2. The first-order valence-electron chi connectivity index (χ1n) is 8.56. The third-order valence-corrected chi connectivity index (χ3v) is 4.36. The Balaban J connectivity index is 1.30. The molecule has 0 saturated heterocycles. The lowest BCUT2D eigenvalue weighted by molar-refractivity contribution is -0.121. The molecule has 0 aliphatic heterocycles. The van der Waals surface area contributed by atoms with Crippen LogP contribution in [0.15, 0.2) is 41.7 Å². The first kappa shape index (κ1) is 16.8. The smallest absolute Gasteiger partial charge is 0.278 e. The molecule has 0 radical (unpaired) electrons. The minimum Gasteiger partial charge on any atom is -0.508 e. The Hall–Kier alpha value is -3.62. The van der Waals surface area contributed by atoms with Crippen LogP contribution in [0.25, 0.3) is 22.1 Å². The standard InChI is InChI=1S/C18H18N6O3/c25-13-1-2-14-11(8-13)7-12(23-14)3-5-19-15(26)4-6-24-10-22-16-17(24)20-9-21-18(16)27/h1-2,7-10,23,25H,3-6H2,(H,19,26)(H,20,21,27). The largest absolute Gasteiger partial charge is 0.508 e. The number of fused-ring (bicyclic) bond motifs is 2. The molecule has 27 heavy (non-hydrogen) atoms. The quantitative estimate of drug-likeness (QED) is 0.405. The number of hydrogen-bond acceptors (Lipinski definition) is 5. The third-order valence-electron chi connectivity index (χ3n) is 4.36. The van der Waals surface area contributed by atoms with Crippen LogP contribution in [0.4, 0.5) is 0 Å². The molecule has 4 N–H and O–H groups in total. The molecule has 9 heteroatoms. The lowest BCUT2D eigenvalue weighted by Crippen LogP contribution is -2.26. The van der Waals surface area contributed by atoms with Crippen LogP contribution in [0, 0.1) is 0 Å². The van der Waals surface area contributed by atoms with Gasteiger partial charge < -0.3 is 25.0 Å². The highest BCUT2D eigenvalue weighted by molar-refractivity contribution is 5.82. The van der Waals surface area contributed by atoms with E-state index >= 15 is 0 Å². The molecule has 0 unspecified atom stereocenters. The summed E-state index contributed by atoms with van der Waals surface area (Å²) in [7, 11) is 0. The maximum Gasteiger partial charge on any atom is 0.278 e. The van der Waals surface area contributed by atoms with Crippen molar-refractivity contribution in [2.75, 3.05) is 6.54 Å². The van der Waals surface area contributed by atoms with Crippen LogP contribution in [0.3, 0.4) is 0 Å². The molecule has 0 bridgehead atoms. The molecule has 4 rings (SSSR count). The number of phenols is 1. The van der Waals surface area contributed by atoms with E-state index in [9.17, 15) is 14.7 Å². The van der Waals surface area contributed by atoms with Gasteiger partial charge in [-0.15, -0.1) is 0 Å². The fraction of sp³-hybridized carbons (Fsp3) is 0.222. The number of amides is 1. The minimum absolute atomic E-state index is 0.0875. The summed E-state index contributed by atoms with van der Waals surface area (Å²) in [4.78, 5) is 37.6. The van der Waals surface area contributed by atoms with Crippen molar-refractivity contribution >= 4 is 28.0 Å². The monoisotopic (exact) mass is 366 g/mol. The van der Waals surface area contributed by atoms with Gasteiger partial charge in [-0.05, 0) is 24.3 Å². The SMILES string of the molecule is O=C(CCn1cnc2c(=O)[nH]cnc21)NCCc1cc2cc(O)ccc2[nH]1. The van der Waals surface area contributed by atoms with E-state index in [0.717, 1.165) is 16.6 Å². The lowest BCUT2D eigenvalue weighted by Gasteiger charge is -2.05. The molecule has 138 valence electrons. The number of aromatic nitrogens is 5. The number of hydrogen-bond donors (Lipinski definition) is 4. The van der Waals surface area contributed by atoms with Gasteiger partial charge in [0.15, 0.2) is 11.2 Å². The minimum atomic E-state index is -0.296. The molecule has 3 heterocycles. The van der Waals surface area contributed by atoms with Gasteiger partial charge in [-0.3, -0.25) is 9.59 Å². The van der Waals surface area contributed by atoms with E-state index in [2.05, 4.69) is 25.3 Å². The Morgan fingerprint density at radius 2 is 2.15 bits per heavy atom. The number of phenolic OH excluding ortho intramolecular Hbond substituents is 1. The highest BCUT2D eigenvalue weighted by Gasteiger charge is 2.09. The van der Waals surface area contributed by atoms with Crippen molar-refractivity contribution in [1.82, 2.24) is 29.8 Å². The maximum absolute atomic E-state index is 12.1. The van der Waals surface area contributed by atoms with Crippen LogP contribution in [0.1, 0.15) is 12.1 Å². The van der Waals surface area contributed by atoms with E-state index < -0.39 is 0 Å². The van der Waals surface area contributed by atoms with E-state index in [4.69, 9.17) is 0 Å². The molecule has 0 fully saturated rings. The van der Waals surface area contributed by atoms with Gasteiger partial charge in [0, 0.05) is 42.5 Å². The van der Waals surface area contributed by atoms with Crippen molar-refractivity contribution in [3.8, 4) is 5.75 Å². The van der Waals surface area contributed by atoms with Crippen LogP contribution in [-0.2, 0) is 17.8 Å². The molecule has 3 aromatic heterocycles. The number of imidazole rings is 1. The average Bonchev–Trinajstić information content (AvgIpc) is 3.24. The predicted octanol–water partition coefficient (Wildman–Crippen LogP) is 1.06. The number of aromatic hydroxyl groups is 1. The van der Waals surface area contributed by atoms with E-state index in [0.29, 0.717) is 25.2 Å². The van der Waals surface area contributed by atoms with Gasteiger partial charge in [0.1, 0.15) is 5.75 Å². The Bertz CT molecular complexity index is 1170. The summed E-state index contributed by atoms with van der Waals surface area (Å²) in [5.74, 6) is 0.139. The van der Waals surface area contributed by atoms with Crippen molar-refractivity contribution in [1.29, 1.82) is 0 Å². The van der Waals surface area contributed by atoms with Gasteiger partial charge in [0.25, 0.3) is 5.56 Å². The second-order valence-corrected chi connectivity index (χ2v) is 6.26. The third kappa shape index (κ3) is 3.52. The van der Waals surface area contributed by atoms with Crippen LogP contribution in [-0.4, -0.2) is 42.1 Å². The molecule has 4 aromatic rings. The molecule has 0 atom stereocenters. The van der Waals surface area contributed by atoms with E-state index in [1.807, 2.05) is 12.1 Å². The number of rotatable bonds is 6. The van der Waals surface area contributed by atoms with Crippen LogP contribution < -0.4 is 10.9 Å².